The van der Waals surface area contributed by atoms with Crippen LogP contribution in [0.5, 0.6) is 0 Å². The van der Waals surface area contributed by atoms with Gasteiger partial charge in [0.15, 0.2) is 0 Å². The van der Waals surface area contributed by atoms with Gasteiger partial charge in [-0.25, -0.2) is 0 Å². The van der Waals surface area contributed by atoms with E-state index < -0.39 is 5.97 Å². The van der Waals surface area contributed by atoms with Crippen LogP contribution in [0.2, 0.25) is 0 Å². The van der Waals surface area contributed by atoms with E-state index >= 15 is 0 Å². The van der Waals surface area contributed by atoms with Crippen LogP contribution in [0.1, 0.15) is 19.8 Å². The number of rotatable bonds is 6. The number of benzene rings is 1. The van der Waals surface area contributed by atoms with E-state index in [9.17, 15) is 4.79 Å². The van der Waals surface area contributed by atoms with Crippen LogP contribution < -0.4 is 4.90 Å². The van der Waals surface area contributed by atoms with Gasteiger partial charge in [-0.15, -0.1) is 0 Å². The molecule has 0 amide bonds. The normalized spacial score (nSPS) is 9.93. The number of carboxylic acid groups (broad SMARTS) is 1. The smallest absolute Gasteiger partial charge is 0.303 e. The zero-order chi connectivity index (χ0) is 11.1. The van der Waals surface area contributed by atoms with Crippen LogP contribution in [0.4, 0.5) is 5.69 Å². The van der Waals surface area contributed by atoms with E-state index in [0.29, 0.717) is 6.42 Å². The first kappa shape index (κ1) is 11.6. The molecule has 3 nitrogen and oxygen atoms in total. The van der Waals surface area contributed by atoms with Gasteiger partial charge in [-0.05, 0) is 25.5 Å². The fraction of sp³-hybridized carbons (Fsp3) is 0.417. The zero-order valence-corrected chi connectivity index (χ0v) is 9.02. The van der Waals surface area contributed by atoms with Crippen LogP contribution in [0, 0.1) is 0 Å². The molecule has 1 aromatic carbocycles. The first-order valence-electron chi connectivity index (χ1n) is 5.26. The summed E-state index contributed by atoms with van der Waals surface area (Å²) in [5.74, 6) is -0.723. The van der Waals surface area contributed by atoms with Crippen molar-refractivity contribution in [2.24, 2.45) is 0 Å². The van der Waals surface area contributed by atoms with E-state index in [1.165, 1.54) is 0 Å². The zero-order valence-electron chi connectivity index (χ0n) is 9.02. The summed E-state index contributed by atoms with van der Waals surface area (Å²) in [5.41, 5.74) is 1.16. The summed E-state index contributed by atoms with van der Waals surface area (Å²) >= 11 is 0. The summed E-state index contributed by atoms with van der Waals surface area (Å²) in [4.78, 5) is 12.6. The minimum atomic E-state index is -0.723. The Morgan fingerprint density at radius 3 is 2.53 bits per heavy atom. The largest absolute Gasteiger partial charge is 0.481 e. The molecule has 0 aliphatic rings. The number of aliphatic carboxylic acids is 1. The van der Waals surface area contributed by atoms with Crippen molar-refractivity contribution in [1.82, 2.24) is 0 Å². The van der Waals surface area contributed by atoms with Gasteiger partial charge in [0.25, 0.3) is 0 Å². The Morgan fingerprint density at radius 1 is 1.33 bits per heavy atom. The number of anilines is 1. The topological polar surface area (TPSA) is 40.5 Å². The highest BCUT2D eigenvalue weighted by atomic mass is 16.4. The van der Waals surface area contributed by atoms with Crippen LogP contribution in [0.15, 0.2) is 30.3 Å². The van der Waals surface area contributed by atoms with Crippen LogP contribution in [-0.2, 0) is 4.79 Å². The maximum absolute atomic E-state index is 10.4. The number of hydrogen-bond acceptors (Lipinski definition) is 2. The number of nitrogens with zero attached hydrogens (tertiary/aromatic N) is 1. The second kappa shape index (κ2) is 6.06. The predicted molar refractivity (Wildman–Crippen MR) is 61.2 cm³/mol. The summed E-state index contributed by atoms with van der Waals surface area (Å²) in [7, 11) is 0. The lowest BCUT2D eigenvalue weighted by Gasteiger charge is -2.22. The van der Waals surface area contributed by atoms with Gasteiger partial charge >= 0.3 is 5.97 Å². The Balaban J connectivity index is 2.46. The van der Waals surface area contributed by atoms with Crippen molar-refractivity contribution in [2.45, 2.75) is 19.8 Å². The summed E-state index contributed by atoms with van der Waals surface area (Å²) in [6, 6.07) is 10.1. The molecule has 1 aromatic rings. The molecule has 0 bridgehead atoms. The molecular formula is C12H17NO2. The highest BCUT2D eigenvalue weighted by molar-refractivity contribution is 5.66. The van der Waals surface area contributed by atoms with Gasteiger partial charge in [0, 0.05) is 25.2 Å². The average Bonchev–Trinajstić information content (AvgIpc) is 2.25. The van der Waals surface area contributed by atoms with Crippen molar-refractivity contribution in [3.05, 3.63) is 30.3 Å². The third-order valence-corrected chi connectivity index (χ3v) is 2.32. The van der Waals surface area contributed by atoms with Gasteiger partial charge < -0.3 is 10.0 Å². The molecule has 0 fully saturated rings. The number of carboxylic acids is 1. The van der Waals surface area contributed by atoms with Crippen LogP contribution in [0.25, 0.3) is 0 Å². The minimum Gasteiger partial charge on any atom is -0.481 e. The molecule has 0 heterocycles. The van der Waals surface area contributed by atoms with Crippen molar-refractivity contribution in [1.29, 1.82) is 0 Å². The van der Waals surface area contributed by atoms with E-state index in [4.69, 9.17) is 5.11 Å². The summed E-state index contributed by atoms with van der Waals surface area (Å²) < 4.78 is 0. The van der Waals surface area contributed by atoms with Gasteiger partial charge in [-0.2, -0.15) is 0 Å². The van der Waals surface area contributed by atoms with Crippen molar-refractivity contribution >= 4 is 11.7 Å². The second-order valence-electron chi connectivity index (χ2n) is 3.41. The van der Waals surface area contributed by atoms with Crippen LogP contribution in [0.3, 0.4) is 0 Å². The molecule has 0 saturated carbocycles. The SMILES string of the molecule is CCN(CCCC(=O)O)c1ccccc1. The Kier molecular flexibility index (Phi) is 4.68. The van der Waals surface area contributed by atoms with Gasteiger partial charge in [0.05, 0.1) is 0 Å². The van der Waals surface area contributed by atoms with E-state index in [1.54, 1.807) is 0 Å². The van der Waals surface area contributed by atoms with E-state index in [-0.39, 0.29) is 6.42 Å². The average molecular weight is 207 g/mol. The lowest BCUT2D eigenvalue weighted by molar-refractivity contribution is -0.137. The van der Waals surface area contributed by atoms with E-state index in [2.05, 4.69) is 11.8 Å². The molecule has 3 heteroatoms. The number of hydrogen-bond donors (Lipinski definition) is 1. The first-order chi connectivity index (χ1) is 7.24. The third-order valence-electron chi connectivity index (χ3n) is 2.32. The highest BCUT2D eigenvalue weighted by Crippen LogP contribution is 2.13. The Bertz CT molecular complexity index is 298. The van der Waals surface area contributed by atoms with Crippen molar-refractivity contribution < 1.29 is 9.90 Å². The third kappa shape index (κ3) is 4.02. The quantitative estimate of drug-likeness (QED) is 0.778. The molecule has 1 N–H and O–H groups in total. The maximum atomic E-state index is 10.4. The Hall–Kier alpha value is -1.51. The van der Waals surface area contributed by atoms with Crippen molar-refractivity contribution in [3.8, 4) is 0 Å². The minimum absolute atomic E-state index is 0.239. The molecule has 0 atom stereocenters. The van der Waals surface area contributed by atoms with Gasteiger partial charge in [0.1, 0.15) is 0 Å². The molecule has 82 valence electrons. The molecule has 0 radical (unpaired) electrons. The van der Waals surface area contributed by atoms with Crippen LogP contribution in [-0.4, -0.2) is 24.2 Å². The molecule has 0 saturated heterocycles. The predicted octanol–water partition coefficient (Wildman–Crippen LogP) is 2.38. The Morgan fingerprint density at radius 2 is 2.00 bits per heavy atom. The number of carbonyl (C=O) groups is 1. The summed E-state index contributed by atoms with van der Waals surface area (Å²) in [6.07, 6.45) is 0.932. The Labute approximate surface area is 90.3 Å². The fourth-order valence-electron chi connectivity index (χ4n) is 1.53. The standard InChI is InChI=1S/C12H17NO2/c1-2-13(10-6-9-12(14)15)11-7-4-3-5-8-11/h3-5,7-8H,2,6,9-10H2,1H3,(H,14,15). The fourth-order valence-corrected chi connectivity index (χ4v) is 1.53. The molecule has 0 aromatic heterocycles. The lowest BCUT2D eigenvalue weighted by atomic mass is 10.2. The molecule has 1 rings (SSSR count). The van der Waals surface area contributed by atoms with Gasteiger partial charge in [-0.3, -0.25) is 4.79 Å². The number of para-hydroxylation sites is 1. The van der Waals surface area contributed by atoms with Crippen molar-refractivity contribution in [3.63, 3.8) is 0 Å². The first-order valence-corrected chi connectivity index (χ1v) is 5.26. The second-order valence-corrected chi connectivity index (χ2v) is 3.41. The molecule has 15 heavy (non-hydrogen) atoms. The molecule has 0 spiro atoms. The lowest BCUT2D eigenvalue weighted by Crippen LogP contribution is -2.24. The maximum Gasteiger partial charge on any atom is 0.303 e. The van der Waals surface area contributed by atoms with E-state index in [0.717, 1.165) is 18.8 Å². The molecule has 0 aliphatic heterocycles. The van der Waals surface area contributed by atoms with Crippen molar-refractivity contribution in [2.75, 3.05) is 18.0 Å². The molecular weight excluding hydrogens is 190 g/mol. The van der Waals surface area contributed by atoms with Gasteiger partial charge in [0.2, 0.25) is 0 Å². The monoisotopic (exact) mass is 207 g/mol. The van der Waals surface area contributed by atoms with E-state index in [1.807, 2.05) is 30.3 Å². The highest BCUT2D eigenvalue weighted by Gasteiger charge is 2.04. The summed E-state index contributed by atoms with van der Waals surface area (Å²) in [6.45, 7) is 3.78. The molecule has 0 aliphatic carbocycles. The van der Waals surface area contributed by atoms with Gasteiger partial charge in [-0.1, -0.05) is 18.2 Å². The molecule has 0 unspecified atom stereocenters. The summed E-state index contributed by atoms with van der Waals surface area (Å²) in [5, 5.41) is 8.55. The van der Waals surface area contributed by atoms with Crippen LogP contribution >= 0.6 is 0 Å².